The van der Waals surface area contributed by atoms with Crippen LogP contribution in [0.2, 0.25) is 0 Å². The minimum absolute atomic E-state index is 0.514. The molecule has 0 spiro atoms. The molecular weight excluding hydrogens is 122 g/mol. The summed E-state index contributed by atoms with van der Waals surface area (Å²) < 4.78 is 0. The molecule has 1 heteroatoms. The fourth-order valence-corrected chi connectivity index (χ4v) is 0.624. The predicted octanol–water partition coefficient (Wildman–Crippen LogP) is 2.75. The monoisotopic (exact) mass is 137 g/mol. The molecule has 0 aromatic rings. The Morgan fingerprint density at radius 1 is 1.40 bits per heavy atom. The molecule has 0 aromatic heterocycles. The largest absolute Gasteiger partial charge is 0.193 e. The van der Waals surface area contributed by atoms with Crippen LogP contribution >= 0.6 is 0 Å². The van der Waals surface area contributed by atoms with E-state index in [0.29, 0.717) is 11.8 Å². The molecule has 0 bridgehead atoms. The summed E-state index contributed by atoms with van der Waals surface area (Å²) in [6.07, 6.45) is 2.02. The van der Waals surface area contributed by atoms with Crippen molar-refractivity contribution in [3.63, 3.8) is 0 Å². The van der Waals surface area contributed by atoms with E-state index in [1.54, 1.807) is 0 Å². The van der Waals surface area contributed by atoms with Gasteiger partial charge < -0.3 is 0 Å². The number of nitriles is 1. The Morgan fingerprint density at radius 3 is 2.20 bits per heavy atom. The van der Waals surface area contributed by atoms with Crippen molar-refractivity contribution in [2.45, 2.75) is 27.7 Å². The van der Waals surface area contributed by atoms with Crippen molar-refractivity contribution in [2.24, 2.45) is 11.8 Å². The van der Waals surface area contributed by atoms with Gasteiger partial charge in [0, 0.05) is 5.57 Å². The minimum atomic E-state index is 0.514. The standard InChI is InChI=1S/C9H15N/c1-7(2)9(4)5-8(3)6-10/h5,7,9H,1-4H3/b8-5-. The van der Waals surface area contributed by atoms with Gasteiger partial charge in [-0.15, -0.1) is 0 Å². The highest BCUT2D eigenvalue weighted by molar-refractivity contribution is 5.18. The molecule has 0 aliphatic heterocycles. The molecule has 0 amide bonds. The first-order chi connectivity index (χ1) is 4.57. The SMILES string of the molecule is C/C(C#N)=C/C(C)C(C)C. The summed E-state index contributed by atoms with van der Waals surface area (Å²) in [5.74, 6) is 1.14. The third-order valence-corrected chi connectivity index (χ3v) is 1.74. The maximum Gasteiger partial charge on any atom is 0.0940 e. The van der Waals surface area contributed by atoms with Crippen LogP contribution in [0.15, 0.2) is 11.6 Å². The molecular formula is C9H15N. The van der Waals surface area contributed by atoms with Crippen molar-refractivity contribution < 1.29 is 0 Å². The zero-order chi connectivity index (χ0) is 8.15. The van der Waals surface area contributed by atoms with Gasteiger partial charge in [-0.05, 0) is 18.8 Å². The quantitative estimate of drug-likeness (QED) is 0.537. The maximum atomic E-state index is 8.45. The smallest absolute Gasteiger partial charge is 0.0940 e. The zero-order valence-electron chi connectivity index (χ0n) is 7.18. The van der Waals surface area contributed by atoms with Gasteiger partial charge in [0.15, 0.2) is 0 Å². The van der Waals surface area contributed by atoms with Crippen LogP contribution < -0.4 is 0 Å². The molecule has 0 heterocycles. The molecule has 0 fully saturated rings. The summed E-state index contributed by atoms with van der Waals surface area (Å²) in [6, 6.07) is 2.11. The van der Waals surface area contributed by atoms with E-state index in [2.05, 4.69) is 26.8 Å². The molecule has 0 saturated heterocycles. The van der Waals surface area contributed by atoms with Gasteiger partial charge in [-0.25, -0.2) is 0 Å². The highest BCUT2D eigenvalue weighted by atomic mass is 14.2. The summed E-state index contributed by atoms with van der Waals surface area (Å²) in [4.78, 5) is 0. The molecule has 1 unspecified atom stereocenters. The summed E-state index contributed by atoms with van der Waals surface area (Å²) in [6.45, 7) is 8.29. The van der Waals surface area contributed by atoms with E-state index in [4.69, 9.17) is 5.26 Å². The third kappa shape index (κ3) is 3.29. The minimum Gasteiger partial charge on any atom is -0.193 e. The molecule has 10 heavy (non-hydrogen) atoms. The van der Waals surface area contributed by atoms with Crippen LogP contribution in [0.5, 0.6) is 0 Å². The van der Waals surface area contributed by atoms with Gasteiger partial charge in [-0.3, -0.25) is 0 Å². The van der Waals surface area contributed by atoms with Crippen molar-refractivity contribution in [3.8, 4) is 6.07 Å². The summed E-state index contributed by atoms with van der Waals surface area (Å²) in [5, 5.41) is 8.45. The van der Waals surface area contributed by atoms with Crippen molar-refractivity contribution in [3.05, 3.63) is 11.6 Å². The molecule has 0 aromatic carbocycles. The molecule has 0 rings (SSSR count). The Hall–Kier alpha value is -0.770. The van der Waals surface area contributed by atoms with E-state index in [9.17, 15) is 0 Å². The van der Waals surface area contributed by atoms with Crippen molar-refractivity contribution in [2.75, 3.05) is 0 Å². The van der Waals surface area contributed by atoms with Crippen LogP contribution in [-0.2, 0) is 0 Å². The fraction of sp³-hybridized carbons (Fsp3) is 0.667. The van der Waals surface area contributed by atoms with E-state index in [0.717, 1.165) is 5.57 Å². The molecule has 0 aliphatic carbocycles. The molecule has 1 atom stereocenters. The average Bonchev–Trinajstić information content (AvgIpc) is 1.87. The molecule has 0 aliphatic rings. The Morgan fingerprint density at radius 2 is 1.90 bits per heavy atom. The second-order valence-electron chi connectivity index (χ2n) is 3.06. The van der Waals surface area contributed by atoms with Crippen molar-refractivity contribution in [1.29, 1.82) is 5.26 Å². The number of hydrogen-bond donors (Lipinski definition) is 0. The number of rotatable bonds is 2. The van der Waals surface area contributed by atoms with Gasteiger partial charge in [-0.1, -0.05) is 26.8 Å². The molecule has 0 saturated carbocycles. The average molecular weight is 137 g/mol. The lowest BCUT2D eigenvalue weighted by Crippen LogP contribution is -1.99. The second kappa shape index (κ2) is 4.11. The Bertz CT molecular complexity index is 160. The maximum absolute atomic E-state index is 8.45. The normalized spacial score (nSPS) is 15.0. The summed E-state index contributed by atoms with van der Waals surface area (Å²) in [7, 11) is 0. The Balaban J connectivity index is 4.02. The first kappa shape index (κ1) is 9.23. The van der Waals surface area contributed by atoms with E-state index >= 15 is 0 Å². The van der Waals surface area contributed by atoms with Gasteiger partial charge in [0.25, 0.3) is 0 Å². The molecule has 0 radical (unpaired) electrons. The van der Waals surface area contributed by atoms with Crippen LogP contribution in [0.25, 0.3) is 0 Å². The first-order valence-corrected chi connectivity index (χ1v) is 3.66. The van der Waals surface area contributed by atoms with Crippen LogP contribution in [0.4, 0.5) is 0 Å². The van der Waals surface area contributed by atoms with Gasteiger partial charge >= 0.3 is 0 Å². The summed E-state index contributed by atoms with van der Waals surface area (Å²) in [5.41, 5.74) is 0.821. The number of allylic oxidation sites excluding steroid dienone is 2. The van der Waals surface area contributed by atoms with Gasteiger partial charge in [0.1, 0.15) is 0 Å². The van der Waals surface area contributed by atoms with Crippen molar-refractivity contribution in [1.82, 2.24) is 0 Å². The van der Waals surface area contributed by atoms with Gasteiger partial charge in [-0.2, -0.15) is 5.26 Å². The third-order valence-electron chi connectivity index (χ3n) is 1.74. The highest BCUT2D eigenvalue weighted by Gasteiger charge is 2.02. The molecule has 56 valence electrons. The van der Waals surface area contributed by atoms with E-state index in [1.165, 1.54) is 0 Å². The second-order valence-corrected chi connectivity index (χ2v) is 3.06. The highest BCUT2D eigenvalue weighted by Crippen LogP contribution is 2.12. The molecule has 0 N–H and O–H groups in total. The summed E-state index contributed by atoms with van der Waals surface area (Å²) >= 11 is 0. The Labute approximate surface area is 63.4 Å². The van der Waals surface area contributed by atoms with Crippen LogP contribution in [0.3, 0.4) is 0 Å². The topological polar surface area (TPSA) is 23.8 Å². The van der Waals surface area contributed by atoms with E-state index in [-0.39, 0.29) is 0 Å². The predicted molar refractivity (Wildman–Crippen MR) is 43.4 cm³/mol. The van der Waals surface area contributed by atoms with Gasteiger partial charge in [0.2, 0.25) is 0 Å². The lowest BCUT2D eigenvalue weighted by atomic mass is 9.96. The zero-order valence-corrected chi connectivity index (χ0v) is 7.18. The Kier molecular flexibility index (Phi) is 3.79. The lowest BCUT2D eigenvalue weighted by Gasteiger charge is -2.09. The number of hydrogen-bond acceptors (Lipinski definition) is 1. The first-order valence-electron chi connectivity index (χ1n) is 3.66. The lowest BCUT2D eigenvalue weighted by molar-refractivity contribution is 0.502. The van der Waals surface area contributed by atoms with E-state index < -0.39 is 0 Å². The van der Waals surface area contributed by atoms with Crippen LogP contribution in [0.1, 0.15) is 27.7 Å². The van der Waals surface area contributed by atoms with Crippen LogP contribution in [0, 0.1) is 23.2 Å². The van der Waals surface area contributed by atoms with Gasteiger partial charge in [0.05, 0.1) is 6.07 Å². The van der Waals surface area contributed by atoms with Crippen LogP contribution in [-0.4, -0.2) is 0 Å². The fourth-order valence-electron chi connectivity index (χ4n) is 0.624. The van der Waals surface area contributed by atoms with E-state index in [1.807, 2.05) is 13.0 Å². The van der Waals surface area contributed by atoms with Crippen molar-refractivity contribution >= 4 is 0 Å². The number of nitrogens with zero attached hydrogens (tertiary/aromatic N) is 1. The molecule has 1 nitrogen and oxygen atoms in total.